The van der Waals surface area contributed by atoms with E-state index >= 15 is 0 Å². The number of rotatable bonds is 8. The summed E-state index contributed by atoms with van der Waals surface area (Å²) in [6.07, 6.45) is 6.38. The molecule has 1 aliphatic rings. The second-order valence-electron chi connectivity index (χ2n) is 10.6. The zero-order chi connectivity index (χ0) is 28.4. The molecule has 2 heterocycles. The van der Waals surface area contributed by atoms with E-state index in [4.69, 9.17) is 21.3 Å². The van der Waals surface area contributed by atoms with Gasteiger partial charge in [0, 0.05) is 29.2 Å². The van der Waals surface area contributed by atoms with E-state index < -0.39 is 9.84 Å². The maximum absolute atomic E-state index is 13.0. The van der Waals surface area contributed by atoms with E-state index in [9.17, 15) is 8.42 Å². The van der Waals surface area contributed by atoms with Crippen LogP contribution in [0.4, 0.5) is 5.95 Å². The van der Waals surface area contributed by atoms with Crippen LogP contribution in [0.1, 0.15) is 36.9 Å². The monoisotopic (exact) mass is 579 g/mol. The highest BCUT2D eigenvalue weighted by Crippen LogP contribution is 2.33. The van der Waals surface area contributed by atoms with E-state index in [1.807, 2.05) is 31.3 Å². The molecule has 0 amide bonds. The van der Waals surface area contributed by atoms with Crippen LogP contribution < -0.4 is 10.1 Å². The maximum atomic E-state index is 13.0. The van der Waals surface area contributed by atoms with E-state index in [2.05, 4.69) is 34.3 Å². The fourth-order valence-corrected chi connectivity index (χ4v) is 7.22. The molecule has 0 unspecified atom stereocenters. The summed E-state index contributed by atoms with van der Waals surface area (Å²) in [7, 11) is 2.14. The van der Waals surface area contributed by atoms with Gasteiger partial charge in [-0.3, -0.25) is 0 Å². The topological polar surface area (TPSA) is 97.3 Å². The molecule has 2 aromatic heterocycles. The number of benzene rings is 2. The number of anilines is 1. The van der Waals surface area contributed by atoms with E-state index in [-0.39, 0.29) is 15.7 Å². The van der Waals surface area contributed by atoms with Crippen LogP contribution >= 0.6 is 11.6 Å². The average molecular weight is 580 g/mol. The Morgan fingerprint density at radius 2 is 1.80 bits per heavy atom. The molecule has 4 aromatic rings. The Morgan fingerprint density at radius 3 is 2.50 bits per heavy atom. The van der Waals surface area contributed by atoms with Crippen LogP contribution in [0.2, 0.25) is 5.02 Å². The molecule has 1 aliphatic carbocycles. The van der Waals surface area contributed by atoms with Crippen molar-refractivity contribution in [2.45, 2.75) is 55.3 Å². The number of hydrogen-bond donors (Lipinski definition) is 1. The number of fused-ring (bicyclic) bond motifs is 1. The van der Waals surface area contributed by atoms with Gasteiger partial charge in [0.1, 0.15) is 0 Å². The molecule has 0 aliphatic heterocycles. The van der Waals surface area contributed by atoms with Gasteiger partial charge in [0.2, 0.25) is 11.8 Å². The van der Waals surface area contributed by atoms with E-state index in [0.717, 1.165) is 40.4 Å². The zero-order valence-corrected chi connectivity index (χ0v) is 24.8. The molecule has 0 radical (unpaired) electrons. The Labute approximate surface area is 240 Å². The third-order valence-corrected chi connectivity index (χ3v) is 9.71. The lowest BCUT2D eigenvalue weighted by Gasteiger charge is -2.32. The van der Waals surface area contributed by atoms with Crippen molar-refractivity contribution in [3.05, 3.63) is 71.0 Å². The van der Waals surface area contributed by atoms with Crippen LogP contribution in [0.25, 0.3) is 22.0 Å². The minimum Gasteiger partial charge on any atom is -0.481 e. The lowest BCUT2D eigenvalue weighted by Crippen LogP contribution is -2.36. The van der Waals surface area contributed by atoms with Crippen LogP contribution in [0, 0.1) is 6.92 Å². The summed E-state index contributed by atoms with van der Waals surface area (Å²) in [5.74, 6) is 0.711. The van der Waals surface area contributed by atoms with Crippen LogP contribution in [-0.2, 0) is 15.6 Å². The van der Waals surface area contributed by atoms with Crippen molar-refractivity contribution in [3.8, 4) is 17.0 Å². The standard InChI is InChI=1S/C30H34ClN5O3S/c1-19-15-20(16-21-17-32-30(35-28(19)21)34-22-9-12-24(13-10-22)36(2)3)25-14-11-23(33-29(25)39-4)18-40(37,38)27-8-6-5-7-26(27)31/h5-8,11,14-17,22,24H,9-10,12-13,18H2,1-4H3,(H,32,34,35). The second kappa shape index (κ2) is 11.7. The van der Waals surface area contributed by atoms with Crippen molar-refractivity contribution in [2.24, 2.45) is 0 Å². The normalized spacial score (nSPS) is 17.8. The fraction of sp³-hybridized carbons (Fsp3) is 0.367. The molecule has 0 bridgehead atoms. The summed E-state index contributed by atoms with van der Waals surface area (Å²) in [6, 6.07) is 15.0. The summed E-state index contributed by atoms with van der Waals surface area (Å²) in [5.41, 5.74) is 3.91. The Hall–Kier alpha value is -3.27. The van der Waals surface area contributed by atoms with Crippen molar-refractivity contribution >= 4 is 38.3 Å². The first-order valence-corrected chi connectivity index (χ1v) is 15.4. The maximum Gasteiger partial charge on any atom is 0.223 e. The number of ether oxygens (including phenoxy) is 1. The molecule has 2 aromatic carbocycles. The highest BCUT2D eigenvalue weighted by Gasteiger charge is 2.23. The van der Waals surface area contributed by atoms with Gasteiger partial charge >= 0.3 is 0 Å². The van der Waals surface area contributed by atoms with Crippen LogP contribution in [0.5, 0.6) is 5.88 Å². The second-order valence-corrected chi connectivity index (χ2v) is 13.0. The Kier molecular flexibility index (Phi) is 8.26. The minimum atomic E-state index is -3.68. The molecule has 0 saturated heterocycles. The van der Waals surface area contributed by atoms with Crippen LogP contribution in [0.15, 0.2) is 59.6 Å². The molecule has 1 fully saturated rings. The molecule has 1 N–H and O–H groups in total. The number of aryl methyl sites for hydroxylation is 1. The number of hydrogen-bond acceptors (Lipinski definition) is 8. The predicted molar refractivity (Wildman–Crippen MR) is 160 cm³/mol. The fourth-order valence-electron chi connectivity index (χ4n) is 5.37. The van der Waals surface area contributed by atoms with Gasteiger partial charge < -0.3 is 15.0 Å². The number of sulfone groups is 1. The minimum absolute atomic E-state index is 0.0850. The summed E-state index contributed by atoms with van der Waals surface area (Å²) in [5, 5.41) is 4.63. The molecule has 210 valence electrons. The average Bonchev–Trinajstić information content (AvgIpc) is 2.93. The first-order valence-electron chi connectivity index (χ1n) is 13.4. The first kappa shape index (κ1) is 28.3. The predicted octanol–water partition coefficient (Wildman–Crippen LogP) is 5.92. The van der Waals surface area contributed by atoms with Crippen molar-refractivity contribution < 1.29 is 13.2 Å². The zero-order valence-electron chi connectivity index (χ0n) is 23.2. The summed E-state index contributed by atoms with van der Waals surface area (Å²) >= 11 is 6.14. The smallest absolute Gasteiger partial charge is 0.223 e. The lowest BCUT2D eigenvalue weighted by atomic mass is 9.90. The highest BCUT2D eigenvalue weighted by atomic mass is 35.5. The highest BCUT2D eigenvalue weighted by molar-refractivity contribution is 7.90. The van der Waals surface area contributed by atoms with Gasteiger partial charge in [-0.25, -0.2) is 23.4 Å². The van der Waals surface area contributed by atoms with Gasteiger partial charge in [0.15, 0.2) is 9.84 Å². The largest absolute Gasteiger partial charge is 0.481 e. The molecule has 0 spiro atoms. The summed E-state index contributed by atoms with van der Waals surface area (Å²) < 4.78 is 31.5. The Balaban J connectivity index is 1.37. The molecule has 40 heavy (non-hydrogen) atoms. The van der Waals surface area contributed by atoms with E-state index in [0.29, 0.717) is 29.6 Å². The molecular formula is C30H34ClN5O3S. The molecule has 8 nitrogen and oxygen atoms in total. The third kappa shape index (κ3) is 6.06. The van der Waals surface area contributed by atoms with E-state index in [1.54, 1.807) is 24.3 Å². The van der Waals surface area contributed by atoms with Crippen LogP contribution in [0.3, 0.4) is 0 Å². The first-order chi connectivity index (χ1) is 19.1. The number of pyridine rings is 1. The van der Waals surface area contributed by atoms with E-state index in [1.165, 1.54) is 26.0 Å². The lowest BCUT2D eigenvalue weighted by molar-refractivity contribution is 0.221. The molecule has 5 rings (SSSR count). The molecular weight excluding hydrogens is 546 g/mol. The van der Waals surface area contributed by atoms with Crippen LogP contribution in [-0.4, -0.2) is 61.6 Å². The van der Waals surface area contributed by atoms with Crippen molar-refractivity contribution in [3.63, 3.8) is 0 Å². The third-order valence-electron chi connectivity index (χ3n) is 7.57. The molecule has 1 saturated carbocycles. The van der Waals surface area contributed by atoms with Crippen molar-refractivity contribution in [1.29, 1.82) is 0 Å². The van der Waals surface area contributed by atoms with Crippen molar-refractivity contribution in [2.75, 3.05) is 26.5 Å². The number of methoxy groups -OCH3 is 1. The number of aromatic nitrogens is 3. The summed E-state index contributed by atoms with van der Waals surface area (Å²) in [4.78, 5) is 16.4. The van der Waals surface area contributed by atoms with Gasteiger partial charge in [-0.1, -0.05) is 23.7 Å². The van der Waals surface area contributed by atoms with Crippen molar-refractivity contribution in [1.82, 2.24) is 19.9 Å². The quantitative estimate of drug-likeness (QED) is 0.275. The summed E-state index contributed by atoms with van der Waals surface area (Å²) in [6.45, 7) is 2.02. The van der Waals surface area contributed by atoms with Gasteiger partial charge in [-0.05, 0) is 94.2 Å². The van der Waals surface area contributed by atoms with Gasteiger partial charge in [-0.2, -0.15) is 0 Å². The molecule has 0 atom stereocenters. The van der Waals surface area contributed by atoms with Gasteiger partial charge in [-0.15, -0.1) is 0 Å². The number of halogens is 1. The SMILES string of the molecule is COc1nc(CS(=O)(=O)c2ccccc2Cl)ccc1-c1cc(C)c2nc(NC3CCC(N(C)C)CC3)ncc2c1. The van der Waals surface area contributed by atoms with Gasteiger partial charge in [0.25, 0.3) is 0 Å². The molecule has 10 heteroatoms. The number of nitrogens with one attached hydrogen (secondary N) is 1. The van der Waals surface area contributed by atoms with Gasteiger partial charge in [0.05, 0.1) is 34.0 Å². The Morgan fingerprint density at radius 1 is 1.05 bits per heavy atom. The number of nitrogens with zero attached hydrogens (tertiary/aromatic N) is 4. The Bertz CT molecular complexity index is 1640.